The van der Waals surface area contributed by atoms with Crippen LogP contribution in [0.1, 0.15) is 37.4 Å². The highest BCUT2D eigenvalue weighted by Gasteiger charge is 2.21. The summed E-state index contributed by atoms with van der Waals surface area (Å²) >= 11 is 6.45. The van der Waals surface area contributed by atoms with Crippen molar-refractivity contribution in [2.75, 3.05) is 25.1 Å². The van der Waals surface area contributed by atoms with E-state index in [9.17, 15) is 9.59 Å². The first-order valence-corrected chi connectivity index (χ1v) is 11.5. The second kappa shape index (κ2) is 9.79. The Bertz CT molecular complexity index is 1240. The highest BCUT2D eigenvalue weighted by molar-refractivity contribution is 6.31. The monoisotopic (exact) mass is 469 g/mol. The van der Waals surface area contributed by atoms with Crippen molar-refractivity contribution in [3.63, 3.8) is 0 Å². The Balaban J connectivity index is 1.64. The molecular formula is C24H28ClN5O3. The number of halogens is 1. The van der Waals surface area contributed by atoms with Gasteiger partial charge in [-0.3, -0.25) is 9.59 Å². The lowest BCUT2D eigenvalue weighted by molar-refractivity contribution is -0.122. The first-order chi connectivity index (χ1) is 15.9. The van der Waals surface area contributed by atoms with Crippen molar-refractivity contribution in [3.8, 4) is 5.75 Å². The normalized spacial score (nSPS) is 16.1. The first kappa shape index (κ1) is 23.0. The van der Waals surface area contributed by atoms with Gasteiger partial charge >= 0.3 is 0 Å². The van der Waals surface area contributed by atoms with Crippen LogP contribution < -0.4 is 20.5 Å². The molecule has 174 valence electrons. The van der Waals surface area contributed by atoms with Crippen LogP contribution in [0, 0.1) is 0 Å². The lowest BCUT2D eigenvalue weighted by atomic mass is 10.0. The number of pyridine rings is 1. The molecule has 1 aliphatic rings. The van der Waals surface area contributed by atoms with E-state index in [4.69, 9.17) is 21.3 Å². The van der Waals surface area contributed by atoms with E-state index in [2.05, 4.69) is 22.1 Å². The van der Waals surface area contributed by atoms with Crippen LogP contribution in [0.3, 0.4) is 0 Å². The number of aryl methyl sites for hydroxylation is 1. The Kier molecular flexibility index (Phi) is 6.83. The number of benzene rings is 1. The standard InChI is InChI=1S/C24H28ClN5O3/c1-15-6-4-5-9-30(15)24-27-13-18(25)19(28-24)11-16-7-8-20-17(10-16)12-21(23(32)29(20)3)33-14-22(31)26-2/h7-8,10,12-13,15H,4-6,9,11,14H2,1-3H3,(H,26,31)/t15-/m1/s1. The number of hydrogen-bond donors (Lipinski definition) is 1. The van der Waals surface area contributed by atoms with Crippen LogP contribution in [-0.2, 0) is 18.3 Å². The lowest BCUT2D eigenvalue weighted by Crippen LogP contribution is -2.38. The SMILES string of the molecule is CNC(=O)COc1cc2cc(Cc3nc(N4CCCC[C@H]4C)ncc3Cl)ccc2n(C)c1=O. The molecule has 3 heterocycles. The van der Waals surface area contributed by atoms with Crippen molar-refractivity contribution in [3.05, 3.63) is 57.1 Å². The van der Waals surface area contributed by atoms with Crippen LogP contribution in [0.5, 0.6) is 5.75 Å². The first-order valence-electron chi connectivity index (χ1n) is 11.1. The highest BCUT2D eigenvalue weighted by Crippen LogP contribution is 2.26. The number of amides is 1. The minimum absolute atomic E-state index is 0.132. The molecule has 1 N–H and O–H groups in total. The van der Waals surface area contributed by atoms with Gasteiger partial charge in [0.2, 0.25) is 5.95 Å². The molecule has 0 unspecified atom stereocenters. The van der Waals surface area contributed by atoms with Gasteiger partial charge in [-0.1, -0.05) is 17.7 Å². The van der Waals surface area contributed by atoms with E-state index in [1.54, 1.807) is 19.3 Å². The number of rotatable bonds is 6. The van der Waals surface area contributed by atoms with Crippen molar-refractivity contribution in [2.24, 2.45) is 7.05 Å². The van der Waals surface area contributed by atoms with E-state index in [0.29, 0.717) is 17.5 Å². The van der Waals surface area contributed by atoms with Crippen LogP contribution in [0.2, 0.25) is 5.02 Å². The van der Waals surface area contributed by atoms with E-state index in [1.807, 2.05) is 18.2 Å². The smallest absolute Gasteiger partial charge is 0.293 e. The van der Waals surface area contributed by atoms with Gasteiger partial charge in [-0.2, -0.15) is 0 Å². The van der Waals surface area contributed by atoms with Crippen molar-refractivity contribution in [1.82, 2.24) is 19.9 Å². The molecule has 0 bridgehead atoms. The molecule has 0 radical (unpaired) electrons. The number of nitrogens with zero attached hydrogens (tertiary/aromatic N) is 4. The number of piperidine rings is 1. The number of fused-ring (bicyclic) bond motifs is 1. The number of likely N-dealkylation sites (N-methyl/N-ethyl adjacent to an activating group) is 1. The predicted octanol–water partition coefficient (Wildman–Crippen LogP) is 3.08. The molecular weight excluding hydrogens is 442 g/mol. The fourth-order valence-corrected chi connectivity index (χ4v) is 4.33. The minimum Gasteiger partial charge on any atom is -0.478 e. The fraction of sp³-hybridized carbons (Fsp3) is 0.417. The van der Waals surface area contributed by atoms with Crippen molar-refractivity contribution in [1.29, 1.82) is 0 Å². The molecule has 1 fully saturated rings. The Morgan fingerprint density at radius 1 is 1.30 bits per heavy atom. The molecule has 33 heavy (non-hydrogen) atoms. The van der Waals surface area contributed by atoms with E-state index in [-0.39, 0.29) is 23.8 Å². The second-order valence-electron chi connectivity index (χ2n) is 8.41. The molecule has 1 atom stereocenters. The number of aromatic nitrogens is 3. The maximum Gasteiger partial charge on any atom is 0.293 e. The summed E-state index contributed by atoms with van der Waals surface area (Å²) in [6, 6.07) is 7.93. The van der Waals surface area contributed by atoms with Gasteiger partial charge < -0.3 is 19.5 Å². The molecule has 1 aromatic carbocycles. The fourth-order valence-electron chi connectivity index (χ4n) is 4.17. The van der Waals surface area contributed by atoms with E-state index in [0.717, 1.165) is 47.5 Å². The maximum atomic E-state index is 12.6. The zero-order chi connectivity index (χ0) is 23.5. The van der Waals surface area contributed by atoms with Crippen LogP contribution in [0.15, 0.2) is 35.3 Å². The van der Waals surface area contributed by atoms with Gasteiger partial charge in [-0.15, -0.1) is 0 Å². The second-order valence-corrected chi connectivity index (χ2v) is 8.81. The van der Waals surface area contributed by atoms with Gasteiger partial charge in [-0.05, 0) is 49.9 Å². The number of ether oxygens (including phenoxy) is 1. The maximum absolute atomic E-state index is 12.6. The zero-order valence-electron chi connectivity index (χ0n) is 19.1. The number of carbonyl (C=O) groups is 1. The molecule has 1 aliphatic heterocycles. The van der Waals surface area contributed by atoms with Crippen molar-refractivity contribution in [2.45, 2.75) is 38.6 Å². The lowest BCUT2D eigenvalue weighted by Gasteiger charge is -2.33. The predicted molar refractivity (Wildman–Crippen MR) is 129 cm³/mol. The third-order valence-corrected chi connectivity index (χ3v) is 6.44. The average Bonchev–Trinajstić information content (AvgIpc) is 2.82. The van der Waals surface area contributed by atoms with Crippen LogP contribution in [0.4, 0.5) is 5.95 Å². The van der Waals surface area contributed by atoms with Crippen LogP contribution in [-0.4, -0.2) is 46.7 Å². The number of nitrogens with one attached hydrogen (secondary N) is 1. The Morgan fingerprint density at radius 3 is 2.88 bits per heavy atom. The molecule has 2 aromatic heterocycles. The summed E-state index contributed by atoms with van der Waals surface area (Å²) in [6.45, 7) is 2.93. The third kappa shape index (κ3) is 4.95. The topological polar surface area (TPSA) is 89.3 Å². The largest absolute Gasteiger partial charge is 0.478 e. The average molecular weight is 470 g/mol. The summed E-state index contributed by atoms with van der Waals surface area (Å²) in [4.78, 5) is 35.6. The van der Waals surface area contributed by atoms with Crippen molar-refractivity contribution >= 4 is 34.4 Å². The summed E-state index contributed by atoms with van der Waals surface area (Å²) in [7, 11) is 3.20. The third-order valence-electron chi connectivity index (χ3n) is 6.13. The van der Waals surface area contributed by atoms with Crippen molar-refractivity contribution < 1.29 is 9.53 Å². The van der Waals surface area contributed by atoms with E-state index in [1.165, 1.54) is 18.0 Å². The molecule has 1 saturated heterocycles. The minimum atomic E-state index is -0.303. The zero-order valence-corrected chi connectivity index (χ0v) is 19.9. The van der Waals surface area contributed by atoms with E-state index < -0.39 is 0 Å². The molecule has 8 nitrogen and oxygen atoms in total. The molecule has 0 spiro atoms. The summed E-state index contributed by atoms with van der Waals surface area (Å²) in [6.07, 6.45) is 5.71. The Hall–Kier alpha value is -3.13. The summed E-state index contributed by atoms with van der Waals surface area (Å²) in [5.41, 5.74) is 2.24. The number of anilines is 1. The van der Waals surface area contributed by atoms with Gasteiger partial charge in [0, 0.05) is 38.5 Å². The quantitative estimate of drug-likeness (QED) is 0.596. The molecule has 1 amide bonds. The molecule has 4 rings (SSSR count). The summed E-state index contributed by atoms with van der Waals surface area (Å²) < 4.78 is 6.98. The molecule has 0 aliphatic carbocycles. The molecule has 0 saturated carbocycles. The van der Waals surface area contributed by atoms with Gasteiger partial charge in [0.25, 0.3) is 11.5 Å². The van der Waals surface area contributed by atoms with Crippen LogP contribution in [0.25, 0.3) is 10.9 Å². The summed E-state index contributed by atoms with van der Waals surface area (Å²) in [5.74, 6) is 0.546. The number of carbonyl (C=O) groups excluding carboxylic acids is 1. The Morgan fingerprint density at radius 2 is 2.12 bits per heavy atom. The molecule has 3 aromatic rings. The summed E-state index contributed by atoms with van der Waals surface area (Å²) in [5, 5.41) is 3.83. The van der Waals surface area contributed by atoms with Gasteiger partial charge in [0.1, 0.15) is 0 Å². The van der Waals surface area contributed by atoms with Gasteiger partial charge in [0.15, 0.2) is 12.4 Å². The highest BCUT2D eigenvalue weighted by atomic mass is 35.5. The molecule has 9 heteroatoms. The van der Waals surface area contributed by atoms with Crippen LogP contribution >= 0.6 is 11.6 Å². The van der Waals surface area contributed by atoms with E-state index >= 15 is 0 Å². The van der Waals surface area contributed by atoms with Gasteiger partial charge in [-0.25, -0.2) is 9.97 Å². The number of hydrogen-bond acceptors (Lipinski definition) is 6. The van der Waals surface area contributed by atoms with Gasteiger partial charge in [0.05, 0.1) is 22.4 Å². The Labute approximate surface area is 197 Å².